The minimum Gasteiger partial charge on any atom is -0.395 e. The first-order chi connectivity index (χ1) is 8.74. The van der Waals surface area contributed by atoms with Crippen molar-refractivity contribution in [2.75, 3.05) is 24.6 Å². The largest absolute Gasteiger partial charge is 0.395 e. The van der Waals surface area contributed by atoms with Crippen molar-refractivity contribution in [1.29, 1.82) is 0 Å². The molecule has 0 amide bonds. The molecule has 0 fully saturated rings. The molecule has 0 aliphatic rings. The van der Waals surface area contributed by atoms with Gasteiger partial charge in [0, 0.05) is 24.8 Å². The third-order valence-electron chi connectivity index (χ3n) is 3.27. The van der Waals surface area contributed by atoms with E-state index in [0.29, 0.717) is 6.54 Å². The van der Waals surface area contributed by atoms with E-state index in [1.807, 2.05) is 12.1 Å². The van der Waals surface area contributed by atoms with E-state index in [2.05, 4.69) is 30.9 Å². The van der Waals surface area contributed by atoms with Crippen LogP contribution >= 0.6 is 0 Å². The number of nitrogens with zero attached hydrogens (tertiary/aromatic N) is 1. The lowest BCUT2D eigenvalue weighted by Gasteiger charge is -2.28. The fourth-order valence-corrected chi connectivity index (χ4v) is 2.13. The first-order valence-electron chi connectivity index (χ1n) is 6.94. The van der Waals surface area contributed by atoms with Crippen LogP contribution in [0.1, 0.15) is 44.7 Å². The quantitative estimate of drug-likeness (QED) is 0.746. The summed E-state index contributed by atoms with van der Waals surface area (Å²) in [6.07, 6.45) is 3.22. The van der Waals surface area contributed by atoms with E-state index in [1.54, 1.807) is 0 Å². The van der Waals surface area contributed by atoms with Crippen LogP contribution < -0.4 is 10.6 Å². The molecule has 0 aliphatic heterocycles. The summed E-state index contributed by atoms with van der Waals surface area (Å²) < 4.78 is 0. The number of aliphatic hydroxyl groups excluding tert-OH is 1. The summed E-state index contributed by atoms with van der Waals surface area (Å²) in [6.45, 7) is 6.11. The molecule has 102 valence electrons. The van der Waals surface area contributed by atoms with Crippen LogP contribution in [0, 0.1) is 0 Å². The molecule has 3 N–H and O–H groups in total. The molecule has 18 heavy (non-hydrogen) atoms. The van der Waals surface area contributed by atoms with Gasteiger partial charge in [-0.2, -0.15) is 0 Å². The molecule has 1 rings (SSSR count). The normalized spacial score (nSPS) is 12.4. The maximum absolute atomic E-state index is 9.21. The highest BCUT2D eigenvalue weighted by atomic mass is 16.3. The predicted octanol–water partition coefficient (Wildman–Crippen LogP) is 2.70. The van der Waals surface area contributed by atoms with Crippen molar-refractivity contribution < 1.29 is 5.11 Å². The van der Waals surface area contributed by atoms with Gasteiger partial charge in [-0.05, 0) is 24.5 Å². The molecule has 0 bridgehead atoms. The summed E-state index contributed by atoms with van der Waals surface area (Å²) in [4.78, 5) is 2.24. The average molecular weight is 250 g/mol. The monoisotopic (exact) mass is 250 g/mol. The Hall–Kier alpha value is -1.06. The molecule has 0 aliphatic carbocycles. The van der Waals surface area contributed by atoms with E-state index < -0.39 is 0 Å². The van der Waals surface area contributed by atoms with E-state index >= 15 is 0 Å². The number of hydrogen-bond acceptors (Lipinski definition) is 3. The third kappa shape index (κ3) is 4.00. The van der Waals surface area contributed by atoms with Crippen LogP contribution in [0.3, 0.4) is 0 Å². The van der Waals surface area contributed by atoms with Crippen LogP contribution in [0.4, 0.5) is 5.69 Å². The Balaban J connectivity index is 2.94. The second-order valence-electron chi connectivity index (χ2n) is 4.64. The highest BCUT2D eigenvalue weighted by Gasteiger charge is 2.13. The molecule has 1 aromatic carbocycles. The fourth-order valence-electron chi connectivity index (χ4n) is 2.13. The molecule has 0 aromatic heterocycles. The lowest BCUT2D eigenvalue weighted by molar-refractivity contribution is 0.301. The van der Waals surface area contributed by atoms with Gasteiger partial charge in [0.05, 0.1) is 6.61 Å². The molecule has 1 unspecified atom stereocenters. The van der Waals surface area contributed by atoms with Crippen molar-refractivity contribution in [2.45, 2.75) is 39.2 Å². The van der Waals surface area contributed by atoms with Crippen LogP contribution in [0.15, 0.2) is 24.3 Å². The minimum atomic E-state index is 0.0732. The SMILES string of the molecule is CCCCN(CCO)c1ccccc1C(N)CC. The zero-order valence-corrected chi connectivity index (χ0v) is 11.6. The number of hydrogen-bond donors (Lipinski definition) is 2. The van der Waals surface area contributed by atoms with E-state index in [-0.39, 0.29) is 12.6 Å². The van der Waals surface area contributed by atoms with Crippen molar-refractivity contribution in [1.82, 2.24) is 0 Å². The van der Waals surface area contributed by atoms with Gasteiger partial charge in [0.1, 0.15) is 0 Å². The molecule has 1 atom stereocenters. The average Bonchev–Trinajstić information content (AvgIpc) is 2.42. The third-order valence-corrected chi connectivity index (χ3v) is 3.27. The van der Waals surface area contributed by atoms with Gasteiger partial charge in [-0.1, -0.05) is 38.5 Å². The van der Waals surface area contributed by atoms with Crippen molar-refractivity contribution in [3.63, 3.8) is 0 Å². The van der Waals surface area contributed by atoms with Crippen LogP contribution in [0.5, 0.6) is 0 Å². The Bertz CT molecular complexity index is 341. The number of benzene rings is 1. The number of para-hydroxylation sites is 1. The molecular formula is C15H26N2O. The van der Waals surface area contributed by atoms with Crippen molar-refractivity contribution >= 4 is 5.69 Å². The minimum absolute atomic E-state index is 0.0732. The maximum atomic E-state index is 9.21. The summed E-state index contributed by atoms with van der Waals surface area (Å²) in [5.41, 5.74) is 8.53. The Labute approximate surface area is 111 Å². The zero-order chi connectivity index (χ0) is 13.4. The summed E-state index contributed by atoms with van der Waals surface area (Å²) >= 11 is 0. The van der Waals surface area contributed by atoms with Crippen LogP contribution in [0.25, 0.3) is 0 Å². The number of nitrogens with two attached hydrogens (primary N) is 1. The van der Waals surface area contributed by atoms with Gasteiger partial charge >= 0.3 is 0 Å². The van der Waals surface area contributed by atoms with Gasteiger partial charge in [-0.15, -0.1) is 0 Å². The number of aliphatic hydroxyl groups is 1. The Morgan fingerprint density at radius 2 is 1.94 bits per heavy atom. The smallest absolute Gasteiger partial charge is 0.0606 e. The lowest BCUT2D eigenvalue weighted by atomic mass is 10.0. The first kappa shape index (κ1) is 15.0. The summed E-state index contributed by atoms with van der Waals surface area (Å²) in [5.74, 6) is 0. The topological polar surface area (TPSA) is 49.5 Å². The molecule has 0 spiro atoms. The van der Waals surface area contributed by atoms with Crippen LogP contribution in [-0.2, 0) is 0 Å². The number of unbranched alkanes of at least 4 members (excludes halogenated alkanes) is 1. The second kappa shape index (κ2) is 8.11. The Morgan fingerprint density at radius 3 is 2.56 bits per heavy atom. The molecule has 0 radical (unpaired) electrons. The second-order valence-corrected chi connectivity index (χ2v) is 4.64. The molecule has 3 heteroatoms. The van der Waals surface area contributed by atoms with E-state index in [4.69, 9.17) is 5.73 Å². The molecule has 3 nitrogen and oxygen atoms in total. The maximum Gasteiger partial charge on any atom is 0.0606 e. The first-order valence-corrected chi connectivity index (χ1v) is 6.94. The van der Waals surface area contributed by atoms with E-state index in [1.165, 1.54) is 11.3 Å². The Morgan fingerprint density at radius 1 is 1.22 bits per heavy atom. The Kier molecular flexibility index (Phi) is 6.76. The van der Waals surface area contributed by atoms with Gasteiger partial charge in [0.25, 0.3) is 0 Å². The highest BCUT2D eigenvalue weighted by molar-refractivity contribution is 5.55. The van der Waals surface area contributed by atoms with Crippen molar-refractivity contribution in [3.8, 4) is 0 Å². The molecule has 0 heterocycles. The molecule has 0 saturated carbocycles. The van der Waals surface area contributed by atoms with Gasteiger partial charge in [-0.3, -0.25) is 0 Å². The van der Waals surface area contributed by atoms with Crippen molar-refractivity contribution in [3.05, 3.63) is 29.8 Å². The van der Waals surface area contributed by atoms with Crippen LogP contribution in [-0.4, -0.2) is 24.8 Å². The van der Waals surface area contributed by atoms with Gasteiger partial charge in [0.2, 0.25) is 0 Å². The number of rotatable bonds is 8. The highest BCUT2D eigenvalue weighted by Crippen LogP contribution is 2.26. The van der Waals surface area contributed by atoms with Crippen LogP contribution in [0.2, 0.25) is 0 Å². The number of anilines is 1. The van der Waals surface area contributed by atoms with E-state index in [0.717, 1.165) is 25.8 Å². The van der Waals surface area contributed by atoms with Gasteiger partial charge in [0.15, 0.2) is 0 Å². The molecule has 1 aromatic rings. The zero-order valence-electron chi connectivity index (χ0n) is 11.6. The molecular weight excluding hydrogens is 224 g/mol. The lowest BCUT2D eigenvalue weighted by Crippen LogP contribution is -2.29. The van der Waals surface area contributed by atoms with Gasteiger partial charge < -0.3 is 15.7 Å². The summed E-state index contributed by atoms with van der Waals surface area (Å²) in [6, 6.07) is 8.35. The van der Waals surface area contributed by atoms with Crippen molar-refractivity contribution in [2.24, 2.45) is 5.73 Å². The fraction of sp³-hybridized carbons (Fsp3) is 0.600. The predicted molar refractivity (Wildman–Crippen MR) is 77.9 cm³/mol. The van der Waals surface area contributed by atoms with Gasteiger partial charge in [-0.25, -0.2) is 0 Å². The summed E-state index contributed by atoms with van der Waals surface area (Å²) in [7, 11) is 0. The summed E-state index contributed by atoms with van der Waals surface area (Å²) in [5, 5.41) is 9.21. The standard InChI is InChI=1S/C15H26N2O/c1-3-5-10-17(11-12-18)15-9-7-6-8-13(15)14(16)4-2/h6-9,14,18H,3-5,10-12,16H2,1-2H3. The molecule has 0 saturated heterocycles. The van der Waals surface area contributed by atoms with E-state index in [9.17, 15) is 5.11 Å².